The van der Waals surface area contributed by atoms with Crippen LogP contribution in [0.4, 0.5) is 8.78 Å². The zero-order chi connectivity index (χ0) is 16.3. The zero-order valence-corrected chi connectivity index (χ0v) is 12.4. The summed E-state index contributed by atoms with van der Waals surface area (Å²) < 4.78 is 43.6. The number of halogens is 2. The van der Waals surface area contributed by atoms with Gasteiger partial charge >= 0.3 is 0 Å². The third kappa shape index (κ3) is 2.34. The third-order valence-electron chi connectivity index (χ3n) is 3.57. The third-order valence-corrected chi connectivity index (χ3v) is 3.57. The average Bonchev–Trinajstić information content (AvgIpc) is 2.55. The molecule has 2 atom stereocenters. The normalized spacial score (nSPS) is 24.5. The summed E-state index contributed by atoms with van der Waals surface area (Å²) in [6.07, 6.45) is -1.28. The molecule has 0 N–H and O–H groups in total. The van der Waals surface area contributed by atoms with Crippen LogP contribution in [0.15, 0.2) is 41.9 Å². The number of benzene rings is 1. The second-order valence-electron chi connectivity index (χ2n) is 4.60. The molecule has 6 heteroatoms. The topological polar surface area (TPSA) is 51.5 Å². The van der Waals surface area contributed by atoms with Crippen molar-refractivity contribution in [2.45, 2.75) is 11.8 Å². The van der Waals surface area contributed by atoms with Crippen LogP contribution in [0.3, 0.4) is 0 Å². The first-order valence-electron chi connectivity index (χ1n) is 6.45. The summed E-state index contributed by atoms with van der Waals surface area (Å²) in [4.78, 5) is 0. The van der Waals surface area contributed by atoms with Gasteiger partial charge in [0.2, 0.25) is 5.60 Å². The summed E-state index contributed by atoms with van der Waals surface area (Å²) in [6, 6.07) is 8.22. The summed E-state index contributed by atoms with van der Waals surface area (Å²) in [5.41, 5.74) is -1.56. The minimum absolute atomic E-state index is 0.00940. The molecule has 0 saturated heterocycles. The molecule has 0 fully saturated rings. The molecule has 0 radical (unpaired) electrons. The van der Waals surface area contributed by atoms with E-state index in [9.17, 15) is 14.0 Å². The minimum Gasteiger partial charge on any atom is -0.497 e. The Bertz CT molecular complexity index is 661. The van der Waals surface area contributed by atoms with Crippen LogP contribution in [0.25, 0.3) is 5.57 Å². The van der Waals surface area contributed by atoms with Crippen molar-refractivity contribution in [3.05, 3.63) is 47.5 Å². The first-order valence-corrected chi connectivity index (χ1v) is 6.45. The molecular formula is C16H15F2NO3. The van der Waals surface area contributed by atoms with Crippen LogP contribution in [0.5, 0.6) is 5.75 Å². The highest BCUT2D eigenvalue weighted by atomic mass is 19.1. The van der Waals surface area contributed by atoms with E-state index >= 15 is 0 Å². The predicted octanol–water partition coefficient (Wildman–Crippen LogP) is 3.17. The predicted molar refractivity (Wildman–Crippen MR) is 76.4 cm³/mol. The van der Waals surface area contributed by atoms with Gasteiger partial charge in [-0.15, -0.1) is 0 Å². The number of allylic oxidation sites excluding steroid dienone is 1. The van der Waals surface area contributed by atoms with Gasteiger partial charge in [0.05, 0.1) is 19.8 Å². The molecule has 0 heterocycles. The van der Waals surface area contributed by atoms with Gasteiger partial charge in [0, 0.05) is 7.11 Å². The SMILES string of the molecule is COC1=C(c2ccc(OC)cc2)C(C#N)(OC)C(F)C=C1F. The molecule has 1 aliphatic carbocycles. The molecule has 2 unspecified atom stereocenters. The van der Waals surface area contributed by atoms with Crippen LogP contribution in [-0.2, 0) is 9.47 Å². The molecule has 0 aliphatic heterocycles. The number of alkyl halides is 1. The Morgan fingerprint density at radius 1 is 1.14 bits per heavy atom. The number of methoxy groups -OCH3 is 3. The lowest BCUT2D eigenvalue weighted by molar-refractivity contribution is 0.0313. The van der Waals surface area contributed by atoms with Crippen molar-refractivity contribution in [2.75, 3.05) is 21.3 Å². The maximum atomic E-state index is 14.4. The molecule has 4 nitrogen and oxygen atoms in total. The number of hydrogen-bond donors (Lipinski definition) is 0. The summed E-state index contributed by atoms with van der Waals surface area (Å²) in [5.74, 6) is -0.516. The molecule has 1 aromatic rings. The van der Waals surface area contributed by atoms with Crippen molar-refractivity contribution >= 4 is 5.57 Å². The molecule has 22 heavy (non-hydrogen) atoms. The Balaban J connectivity index is 2.71. The highest BCUT2D eigenvalue weighted by molar-refractivity contribution is 5.81. The highest BCUT2D eigenvalue weighted by Crippen LogP contribution is 2.44. The number of hydrogen-bond acceptors (Lipinski definition) is 4. The molecule has 116 valence electrons. The standard InChI is InChI=1S/C16H15F2NO3/c1-20-11-6-4-10(5-7-11)14-15(21-2)12(17)8-13(18)16(14,9-19)22-3/h4-8,13H,1-3H3. The molecule has 0 bridgehead atoms. The maximum Gasteiger partial charge on any atom is 0.218 e. The van der Waals surface area contributed by atoms with E-state index in [-0.39, 0.29) is 11.3 Å². The van der Waals surface area contributed by atoms with E-state index in [1.54, 1.807) is 30.3 Å². The molecule has 0 aromatic heterocycles. The number of nitriles is 1. The second kappa shape index (κ2) is 6.16. The van der Waals surface area contributed by atoms with Crippen LogP contribution in [0, 0.1) is 11.3 Å². The number of rotatable bonds is 4. The van der Waals surface area contributed by atoms with Gasteiger partial charge in [0.25, 0.3) is 0 Å². The smallest absolute Gasteiger partial charge is 0.218 e. The lowest BCUT2D eigenvalue weighted by Crippen LogP contribution is -2.43. The van der Waals surface area contributed by atoms with E-state index in [1.165, 1.54) is 21.3 Å². The molecular weight excluding hydrogens is 292 g/mol. The van der Waals surface area contributed by atoms with Crippen LogP contribution >= 0.6 is 0 Å². The van der Waals surface area contributed by atoms with Crippen LogP contribution in [0.2, 0.25) is 0 Å². The number of ether oxygens (including phenoxy) is 3. The van der Waals surface area contributed by atoms with Gasteiger partial charge in [-0.2, -0.15) is 5.26 Å². The fourth-order valence-corrected chi connectivity index (χ4v) is 2.43. The summed E-state index contributed by atoms with van der Waals surface area (Å²) >= 11 is 0. The average molecular weight is 307 g/mol. The van der Waals surface area contributed by atoms with Gasteiger partial charge in [-0.1, -0.05) is 12.1 Å². The monoisotopic (exact) mass is 307 g/mol. The molecule has 0 amide bonds. The van der Waals surface area contributed by atoms with Gasteiger partial charge in [-0.25, -0.2) is 8.78 Å². The maximum absolute atomic E-state index is 14.4. The molecule has 1 aromatic carbocycles. The van der Waals surface area contributed by atoms with Crippen molar-refractivity contribution < 1.29 is 23.0 Å². The second-order valence-corrected chi connectivity index (χ2v) is 4.60. The lowest BCUT2D eigenvalue weighted by Gasteiger charge is -2.34. The van der Waals surface area contributed by atoms with E-state index in [2.05, 4.69) is 0 Å². The van der Waals surface area contributed by atoms with Gasteiger partial charge < -0.3 is 14.2 Å². The fraction of sp³-hybridized carbons (Fsp3) is 0.312. The lowest BCUT2D eigenvalue weighted by atomic mass is 9.80. The quantitative estimate of drug-likeness (QED) is 0.857. The van der Waals surface area contributed by atoms with E-state index in [0.29, 0.717) is 17.4 Å². The van der Waals surface area contributed by atoms with Gasteiger partial charge in [-0.05, 0) is 23.8 Å². The Morgan fingerprint density at radius 2 is 1.77 bits per heavy atom. The highest BCUT2D eigenvalue weighted by Gasteiger charge is 2.49. The first kappa shape index (κ1) is 16.0. The number of nitrogens with zero attached hydrogens (tertiary/aromatic N) is 1. The summed E-state index contributed by atoms with van der Waals surface area (Å²) in [7, 11) is 3.95. The zero-order valence-electron chi connectivity index (χ0n) is 12.4. The van der Waals surface area contributed by atoms with Crippen LogP contribution in [-0.4, -0.2) is 33.1 Å². The van der Waals surface area contributed by atoms with E-state index in [4.69, 9.17) is 14.2 Å². The van der Waals surface area contributed by atoms with Crippen LogP contribution < -0.4 is 4.74 Å². The van der Waals surface area contributed by atoms with E-state index in [0.717, 1.165) is 0 Å². The summed E-state index contributed by atoms with van der Waals surface area (Å²) in [5, 5.41) is 9.46. The molecule has 1 aliphatic rings. The van der Waals surface area contributed by atoms with Crippen molar-refractivity contribution in [1.29, 1.82) is 5.26 Å². The molecule has 0 spiro atoms. The fourth-order valence-electron chi connectivity index (χ4n) is 2.43. The molecule has 0 saturated carbocycles. The first-order chi connectivity index (χ1) is 10.5. The van der Waals surface area contributed by atoms with Crippen LogP contribution in [0.1, 0.15) is 5.56 Å². The van der Waals surface area contributed by atoms with Crippen molar-refractivity contribution in [1.82, 2.24) is 0 Å². The van der Waals surface area contributed by atoms with Gasteiger partial charge in [0.15, 0.2) is 17.8 Å². The van der Waals surface area contributed by atoms with Gasteiger partial charge in [-0.3, -0.25) is 0 Å². The van der Waals surface area contributed by atoms with Crippen molar-refractivity contribution in [2.24, 2.45) is 0 Å². The Morgan fingerprint density at radius 3 is 2.23 bits per heavy atom. The Labute approximate surface area is 127 Å². The van der Waals surface area contributed by atoms with E-state index in [1.807, 2.05) is 0 Å². The Hall–Kier alpha value is -2.39. The molecule has 2 rings (SSSR count). The van der Waals surface area contributed by atoms with Crippen molar-refractivity contribution in [3.63, 3.8) is 0 Å². The van der Waals surface area contributed by atoms with Crippen molar-refractivity contribution in [3.8, 4) is 11.8 Å². The van der Waals surface area contributed by atoms with E-state index < -0.39 is 17.6 Å². The Kier molecular flexibility index (Phi) is 4.48. The minimum atomic E-state index is -1.98. The summed E-state index contributed by atoms with van der Waals surface area (Å²) in [6.45, 7) is 0. The largest absolute Gasteiger partial charge is 0.497 e. The van der Waals surface area contributed by atoms with Gasteiger partial charge in [0.1, 0.15) is 11.8 Å².